The molecule has 2 fully saturated rings. The van der Waals surface area contributed by atoms with Gasteiger partial charge in [-0.1, -0.05) is 12.1 Å². The van der Waals surface area contributed by atoms with Crippen LogP contribution in [-0.4, -0.2) is 70.9 Å². The summed E-state index contributed by atoms with van der Waals surface area (Å²) in [5.41, 5.74) is 4.69. The molecular weight excluding hydrogens is 428 g/mol. The highest BCUT2D eigenvalue weighted by atomic mass is 16.2. The maximum absolute atomic E-state index is 13.0. The second-order valence-corrected chi connectivity index (χ2v) is 9.58. The van der Waals surface area contributed by atoms with Crippen molar-refractivity contribution in [2.75, 3.05) is 43.9 Å². The van der Waals surface area contributed by atoms with E-state index in [9.17, 15) is 9.59 Å². The number of likely N-dealkylation sites (N-methyl/N-ethyl adjacent to an activating group) is 1. The number of aromatic nitrogens is 2. The molecule has 3 aromatic rings. The largest absolute Gasteiger partial charge is 0.359 e. The van der Waals surface area contributed by atoms with Gasteiger partial charge in [0.1, 0.15) is 5.82 Å². The predicted octanol–water partition coefficient (Wildman–Crippen LogP) is 3.46. The number of carbonyl (C=O) groups is 2. The number of piperazine rings is 1. The highest BCUT2D eigenvalue weighted by Gasteiger charge is 2.30. The quantitative estimate of drug-likeness (QED) is 0.524. The minimum atomic E-state index is -0.196. The van der Waals surface area contributed by atoms with Gasteiger partial charge in [-0.15, -0.1) is 0 Å². The lowest BCUT2D eigenvalue weighted by Crippen LogP contribution is -2.51. The van der Waals surface area contributed by atoms with Gasteiger partial charge in [0, 0.05) is 55.4 Å². The molecule has 2 aromatic heterocycles. The number of hydrogen-bond donors (Lipinski definition) is 3. The van der Waals surface area contributed by atoms with Crippen molar-refractivity contribution in [3.05, 3.63) is 42.2 Å². The molecule has 178 valence electrons. The zero-order valence-electron chi connectivity index (χ0n) is 20.0. The molecular formula is C26H32N6O2. The third-order valence-corrected chi connectivity index (χ3v) is 7.03. The molecule has 1 unspecified atom stereocenters. The lowest BCUT2D eigenvalue weighted by atomic mass is 10.0. The van der Waals surface area contributed by atoms with Gasteiger partial charge in [-0.3, -0.25) is 14.5 Å². The molecule has 3 N–H and O–H groups in total. The van der Waals surface area contributed by atoms with Gasteiger partial charge in [0.05, 0.1) is 17.2 Å². The van der Waals surface area contributed by atoms with Crippen molar-refractivity contribution < 1.29 is 9.59 Å². The number of pyridine rings is 1. The van der Waals surface area contributed by atoms with Gasteiger partial charge in [0.25, 0.3) is 0 Å². The van der Waals surface area contributed by atoms with E-state index in [1.807, 2.05) is 44.3 Å². The van der Waals surface area contributed by atoms with Crippen LogP contribution in [-0.2, 0) is 9.59 Å². The number of carbonyl (C=O) groups excluding carboxylic acids is 2. The first-order chi connectivity index (χ1) is 16.4. The molecule has 1 aliphatic carbocycles. The van der Waals surface area contributed by atoms with Crippen LogP contribution in [0.3, 0.4) is 0 Å². The van der Waals surface area contributed by atoms with E-state index >= 15 is 0 Å². The molecule has 2 amide bonds. The molecule has 0 bridgehead atoms. The van der Waals surface area contributed by atoms with Crippen LogP contribution in [0.5, 0.6) is 0 Å². The maximum atomic E-state index is 13.0. The summed E-state index contributed by atoms with van der Waals surface area (Å²) >= 11 is 0. The first-order valence-electron chi connectivity index (χ1n) is 12.0. The smallest absolute Gasteiger partial charge is 0.241 e. The monoisotopic (exact) mass is 460 g/mol. The number of nitrogens with zero attached hydrogens (tertiary/aromatic N) is 3. The number of benzene rings is 1. The molecule has 3 heterocycles. The summed E-state index contributed by atoms with van der Waals surface area (Å²) in [6.45, 7) is 7.71. The fraction of sp³-hybridized carbons (Fsp3) is 0.423. The van der Waals surface area contributed by atoms with Crippen LogP contribution in [0.1, 0.15) is 25.3 Å². The molecule has 8 heteroatoms. The van der Waals surface area contributed by atoms with Crippen LogP contribution in [0.15, 0.2) is 36.7 Å². The van der Waals surface area contributed by atoms with Gasteiger partial charge in [-0.05, 0) is 57.0 Å². The highest BCUT2D eigenvalue weighted by Crippen LogP contribution is 2.35. The molecule has 5 rings (SSSR count). The summed E-state index contributed by atoms with van der Waals surface area (Å²) in [6.07, 6.45) is 5.66. The van der Waals surface area contributed by atoms with E-state index < -0.39 is 0 Å². The van der Waals surface area contributed by atoms with Crippen LogP contribution >= 0.6 is 0 Å². The van der Waals surface area contributed by atoms with E-state index in [1.54, 1.807) is 6.20 Å². The second-order valence-electron chi connectivity index (χ2n) is 9.58. The van der Waals surface area contributed by atoms with E-state index in [1.165, 1.54) is 0 Å². The summed E-state index contributed by atoms with van der Waals surface area (Å²) in [5, 5.41) is 7.09. The lowest BCUT2D eigenvalue weighted by Gasteiger charge is -2.35. The predicted molar refractivity (Wildman–Crippen MR) is 135 cm³/mol. The van der Waals surface area contributed by atoms with Crippen LogP contribution in [0, 0.1) is 12.8 Å². The Morgan fingerprint density at radius 1 is 1.12 bits per heavy atom. The van der Waals surface area contributed by atoms with Crippen molar-refractivity contribution in [1.29, 1.82) is 0 Å². The fourth-order valence-electron chi connectivity index (χ4n) is 4.55. The van der Waals surface area contributed by atoms with Gasteiger partial charge in [-0.2, -0.15) is 0 Å². The van der Waals surface area contributed by atoms with Gasteiger partial charge in [0.2, 0.25) is 11.8 Å². The minimum Gasteiger partial charge on any atom is -0.359 e. The Morgan fingerprint density at radius 3 is 2.62 bits per heavy atom. The number of rotatable bonds is 6. The molecule has 34 heavy (non-hydrogen) atoms. The molecule has 8 nitrogen and oxygen atoms in total. The van der Waals surface area contributed by atoms with Crippen molar-refractivity contribution in [3.63, 3.8) is 0 Å². The van der Waals surface area contributed by atoms with Crippen LogP contribution in [0.2, 0.25) is 0 Å². The number of nitrogens with one attached hydrogen (secondary N) is 3. The topological polar surface area (TPSA) is 93.4 Å². The Morgan fingerprint density at radius 2 is 1.88 bits per heavy atom. The van der Waals surface area contributed by atoms with Crippen LogP contribution in [0.25, 0.3) is 22.0 Å². The number of fused-ring (bicyclic) bond motifs is 1. The number of amides is 2. The van der Waals surface area contributed by atoms with E-state index in [0.29, 0.717) is 5.82 Å². The van der Waals surface area contributed by atoms with Crippen molar-refractivity contribution in [2.24, 2.45) is 5.92 Å². The highest BCUT2D eigenvalue weighted by molar-refractivity contribution is 6.07. The Labute approximate surface area is 199 Å². The number of para-hydroxylation sites is 1. The number of hydrogen-bond acceptors (Lipinski definition) is 5. The van der Waals surface area contributed by atoms with E-state index in [0.717, 1.165) is 72.3 Å². The molecule has 1 atom stereocenters. The zero-order chi connectivity index (χ0) is 23.8. The minimum absolute atomic E-state index is 0.00151. The maximum Gasteiger partial charge on any atom is 0.241 e. The third kappa shape index (κ3) is 4.56. The Kier molecular flexibility index (Phi) is 6.10. The summed E-state index contributed by atoms with van der Waals surface area (Å²) in [7, 11) is 2.11. The lowest BCUT2D eigenvalue weighted by molar-refractivity contribution is -0.121. The Hall–Kier alpha value is -3.23. The molecule has 1 saturated heterocycles. The Balaban J connectivity index is 1.38. The fourth-order valence-corrected chi connectivity index (χ4v) is 4.55. The molecule has 2 aliphatic rings. The van der Waals surface area contributed by atoms with Gasteiger partial charge in [-0.25, -0.2) is 4.98 Å². The molecule has 1 aliphatic heterocycles. The van der Waals surface area contributed by atoms with Gasteiger partial charge >= 0.3 is 0 Å². The number of H-pyrrole nitrogens is 1. The average molecular weight is 461 g/mol. The molecule has 1 saturated carbocycles. The number of aryl methyl sites for hydroxylation is 1. The zero-order valence-corrected chi connectivity index (χ0v) is 20.0. The van der Waals surface area contributed by atoms with Crippen molar-refractivity contribution in [2.45, 2.75) is 32.7 Å². The average Bonchev–Trinajstić information content (AvgIpc) is 3.60. The van der Waals surface area contributed by atoms with E-state index in [-0.39, 0.29) is 23.8 Å². The first-order valence-corrected chi connectivity index (χ1v) is 12.0. The molecule has 0 spiro atoms. The van der Waals surface area contributed by atoms with Gasteiger partial charge in [0.15, 0.2) is 0 Å². The van der Waals surface area contributed by atoms with Crippen LogP contribution in [0.4, 0.5) is 11.5 Å². The van der Waals surface area contributed by atoms with Crippen molar-refractivity contribution >= 4 is 34.2 Å². The summed E-state index contributed by atoms with van der Waals surface area (Å²) in [6, 6.07) is 7.67. The van der Waals surface area contributed by atoms with Gasteiger partial charge < -0.3 is 20.5 Å². The summed E-state index contributed by atoms with van der Waals surface area (Å²) < 4.78 is 0. The van der Waals surface area contributed by atoms with Crippen LogP contribution < -0.4 is 10.6 Å². The van der Waals surface area contributed by atoms with E-state index in [2.05, 4.69) is 37.4 Å². The third-order valence-electron chi connectivity index (χ3n) is 7.03. The van der Waals surface area contributed by atoms with Crippen molar-refractivity contribution in [3.8, 4) is 11.1 Å². The van der Waals surface area contributed by atoms with E-state index in [4.69, 9.17) is 0 Å². The molecule has 1 aromatic carbocycles. The molecule has 0 radical (unpaired) electrons. The first kappa shape index (κ1) is 22.6. The summed E-state index contributed by atoms with van der Waals surface area (Å²) in [4.78, 5) is 37.5. The van der Waals surface area contributed by atoms with Crippen molar-refractivity contribution in [1.82, 2.24) is 19.8 Å². The standard InChI is InChI=1S/C26H32N6O2/c1-16-14-27-23(30-26(34)18-7-8-18)13-20(16)21-15-28-24-19(21)5-4-6-22(24)29-25(33)17(2)32-11-9-31(3)10-12-32/h4-6,13-15,17-18,28H,7-12H2,1-3H3,(H,29,33)(H,27,30,34). The summed E-state index contributed by atoms with van der Waals surface area (Å²) in [5.74, 6) is 0.732. The number of aromatic amines is 1. The SMILES string of the molecule is Cc1cnc(NC(=O)C2CC2)cc1-c1c[nH]c2c(NC(=O)C(C)N3CCN(C)CC3)cccc12. The second kappa shape index (κ2) is 9.19. The normalized spacial score (nSPS) is 18.1. The number of anilines is 2. The Bertz CT molecular complexity index is 1220.